The van der Waals surface area contributed by atoms with Crippen LogP contribution in [-0.4, -0.2) is 66.5 Å². The normalized spacial score (nSPS) is 14.0. The van der Waals surface area contributed by atoms with Gasteiger partial charge in [0.1, 0.15) is 12.7 Å². The number of hydrogen-bond donors (Lipinski definition) is 2. The summed E-state index contributed by atoms with van der Waals surface area (Å²) in [5.74, 6) is -1.57. The first-order valence-corrected chi connectivity index (χ1v) is 31.0. The van der Waals surface area contributed by atoms with Gasteiger partial charge in [-0.05, 0) is 83.5 Å². The summed E-state index contributed by atoms with van der Waals surface area (Å²) in [7, 11) is -4.77. The highest BCUT2D eigenvalue weighted by Crippen LogP contribution is 2.43. The van der Waals surface area contributed by atoms with Gasteiger partial charge in [0.25, 0.3) is 0 Å². The SMILES string of the molecule is CC/C=C\C/C=C\C/C=C\C/C=C\C/C=C\C/C=C\CCC(=O)OC(COC(=O)CCCCCCC/C=C\CCCCCCCC)COP(=O)(O)OCC(CO)OC(=O)CCCCCCCCCCCCCCC. The molecule has 0 saturated carbocycles. The number of ether oxygens (including phenoxy) is 3. The van der Waals surface area contributed by atoms with Crippen LogP contribution >= 0.6 is 7.82 Å². The molecule has 0 fully saturated rings. The molecule has 3 unspecified atom stereocenters. The number of aliphatic hydroxyl groups is 1. The molecule has 12 heteroatoms. The molecule has 2 N–H and O–H groups in total. The van der Waals surface area contributed by atoms with E-state index >= 15 is 0 Å². The fourth-order valence-electron chi connectivity index (χ4n) is 7.85. The van der Waals surface area contributed by atoms with Crippen molar-refractivity contribution < 1.29 is 52.2 Å². The van der Waals surface area contributed by atoms with Gasteiger partial charge >= 0.3 is 25.7 Å². The number of allylic oxidation sites excluding steroid dienone is 14. The van der Waals surface area contributed by atoms with Crippen LogP contribution in [0.3, 0.4) is 0 Å². The van der Waals surface area contributed by atoms with Crippen LogP contribution in [0, 0.1) is 0 Å². The maximum atomic E-state index is 12.9. The molecule has 0 rings (SSSR count). The molecule has 0 aliphatic heterocycles. The van der Waals surface area contributed by atoms with E-state index in [0.717, 1.165) is 89.9 Å². The van der Waals surface area contributed by atoms with E-state index in [1.807, 2.05) is 12.2 Å². The van der Waals surface area contributed by atoms with Crippen molar-refractivity contribution in [3.63, 3.8) is 0 Å². The van der Waals surface area contributed by atoms with Gasteiger partial charge in [-0.1, -0.05) is 234 Å². The highest BCUT2D eigenvalue weighted by Gasteiger charge is 2.28. The molecule has 0 aromatic carbocycles. The summed E-state index contributed by atoms with van der Waals surface area (Å²) in [6.07, 6.45) is 64.1. The summed E-state index contributed by atoms with van der Waals surface area (Å²) in [5.41, 5.74) is 0. The van der Waals surface area contributed by atoms with Gasteiger partial charge < -0.3 is 24.2 Å². The van der Waals surface area contributed by atoms with Crippen molar-refractivity contribution in [2.24, 2.45) is 0 Å². The average Bonchev–Trinajstić information content (AvgIpc) is 3.39. The topological polar surface area (TPSA) is 155 Å². The second kappa shape index (κ2) is 55.9. The van der Waals surface area contributed by atoms with E-state index in [4.69, 9.17) is 23.3 Å². The van der Waals surface area contributed by atoms with E-state index in [1.54, 1.807) is 0 Å². The predicted molar refractivity (Wildman–Crippen MR) is 307 cm³/mol. The van der Waals surface area contributed by atoms with Gasteiger partial charge in [0.15, 0.2) is 6.10 Å². The molecule has 0 spiro atoms. The van der Waals surface area contributed by atoms with Crippen molar-refractivity contribution in [1.82, 2.24) is 0 Å². The fraction of sp³-hybridized carbons (Fsp3) is 0.726. The maximum Gasteiger partial charge on any atom is 0.472 e. The molecule has 3 atom stereocenters. The molecule has 0 amide bonds. The number of phosphoric ester groups is 1. The van der Waals surface area contributed by atoms with Gasteiger partial charge in [-0.3, -0.25) is 23.4 Å². The van der Waals surface area contributed by atoms with Crippen molar-refractivity contribution in [3.8, 4) is 0 Å². The van der Waals surface area contributed by atoms with E-state index in [0.29, 0.717) is 25.7 Å². The van der Waals surface area contributed by atoms with Crippen LogP contribution in [0.2, 0.25) is 0 Å². The molecule has 0 bridgehead atoms. The smallest absolute Gasteiger partial charge is 0.462 e. The Hall–Kier alpha value is -3.34. The van der Waals surface area contributed by atoms with E-state index in [-0.39, 0.29) is 25.9 Å². The number of phosphoric acid groups is 1. The Morgan fingerprint density at radius 3 is 1.16 bits per heavy atom. The molecule has 0 heterocycles. The Morgan fingerprint density at radius 1 is 0.392 bits per heavy atom. The Bertz CT molecular complexity index is 1560. The lowest BCUT2D eigenvalue weighted by Gasteiger charge is -2.21. The number of rotatable bonds is 54. The largest absolute Gasteiger partial charge is 0.472 e. The van der Waals surface area contributed by atoms with Gasteiger partial charge in [-0.25, -0.2) is 4.57 Å². The summed E-state index contributed by atoms with van der Waals surface area (Å²) >= 11 is 0. The zero-order chi connectivity index (χ0) is 54.1. The summed E-state index contributed by atoms with van der Waals surface area (Å²) in [4.78, 5) is 48.5. The molecule has 0 aromatic heterocycles. The lowest BCUT2D eigenvalue weighted by molar-refractivity contribution is -0.161. The first-order valence-electron chi connectivity index (χ1n) is 29.5. The second-order valence-corrected chi connectivity index (χ2v) is 20.9. The fourth-order valence-corrected chi connectivity index (χ4v) is 8.63. The van der Waals surface area contributed by atoms with E-state index < -0.39 is 57.8 Å². The Balaban J connectivity index is 4.85. The minimum absolute atomic E-state index is 0.0394. The van der Waals surface area contributed by atoms with E-state index in [1.165, 1.54) is 96.3 Å². The van der Waals surface area contributed by atoms with Crippen LogP contribution in [-0.2, 0) is 42.2 Å². The minimum atomic E-state index is -4.77. The Morgan fingerprint density at radius 2 is 0.730 bits per heavy atom. The third kappa shape index (κ3) is 53.5. The quantitative estimate of drug-likeness (QED) is 0.0197. The van der Waals surface area contributed by atoms with Crippen LogP contribution in [0.15, 0.2) is 85.1 Å². The summed E-state index contributed by atoms with van der Waals surface area (Å²) in [6.45, 7) is 4.44. The predicted octanol–water partition coefficient (Wildman–Crippen LogP) is 17.5. The molecule has 0 aliphatic carbocycles. The number of aliphatic hydroxyl groups excluding tert-OH is 1. The van der Waals surface area contributed by atoms with Gasteiger partial charge in [0.2, 0.25) is 0 Å². The van der Waals surface area contributed by atoms with E-state index in [2.05, 4.69) is 93.7 Å². The van der Waals surface area contributed by atoms with Gasteiger partial charge in [0, 0.05) is 19.3 Å². The summed E-state index contributed by atoms with van der Waals surface area (Å²) < 4.78 is 39.4. The van der Waals surface area contributed by atoms with Crippen LogP contribution < -0.4 is 0 Å². The molecule has 11 nitrogen and oxygen atoms in total. The number of esters is 3. The number of carbonyl (C=O) groups excluding carboxylic acids is 3. The van der Waals surface area contributed by atoms with E-state index in [9.17, 15) is 28.9 Å². The van der Waals surface area contributed by atoms with Crippen LogP contribution in [0.4, 0.5) is 0 Å². The molecule has 74 heavy (non-hydrogen) atoms. The van der Waals surface area contributed by atoms with Crippen LogP contribution in [0.1, 0.15) is 252 Å². The first-order chi connectivity index (χ1) is 36.2. The lowest BCUT2D eigenvalue weighted by Crippen LogP contribution is -2.30. The zero-order valence-corrected chi connectivity index (χ0v) is 47.9. The Kier molecular flexibility index (Phi) is 53.4. The Labute approximate surface area is 451 Å². The minimum Gasteiger partial charge on any atom is -0.462 e. The molecule has 426 valence electrons. The summed E-state index contributed by atoms with van der Waals surface area (Å²) in [6, 6.07) is 0. The second-order valence-electron chi connectivity index (χ2n) is 19.4. The number of hydrogen-bond acceptors (Lipinski definition) is 10. The highest BCUT2D eigenvalue weighted by atomic mass is 31.2. The average molecular weight is 1060 g/mol. The zero-order valence-electron chi connectivity index (χ0n) is 47.0. The maximum absolute atomic E-state index is 12.9. The van der Waals surface area contributed by atoms with Crippen LogP contribution in [0.5, 0.6) is 0 Å². The molecule has 0 aromatic rings. The van der Waals surface area contributed by atoms with Crippen molar-refractivity contribution in [3.05, 3.63) is 85.1 Å². The number of carbonyl (C=O) groups is 3. The van der Waals surface area contributed by atoms with Crippen molar-refractivity contribution in [1.29, 1.82) is 0 Å². The summed E-state index contributed by atoms with van der Waals surface area (Å²) in [5, 5.41) is 9.81. The molecular weight excluding hydrogens is 952 g/mol. The molecule has 0 aliphatic rings. The van der Waals surface area contributed by atoms with Gasteiger partial charge in [-0.2, -0.15) is 0 Å². The first kappa shape index (κ1) is 70.7. The molecule has 0 saturated heterocycles. The number of unbranched alkanes of at least 4 members (excludes halogenated alkanes) is 23. The third-order valence-corrected chi connectivity index (χ3v) is 13.3. The third-order valence-electron chi connectivity index (χ3n) is 12.3. The van der Waals surface area contributed by atoms with Gasteiger partial charge in [0.05, 0.1) is 19.8 Å². The van der Waals surface area contributed by atoms with Crippen molar-refractivity contribution >= 4 is 25.7 Å². The van der Waals surface area contributed by atoms with Crippen LogP contribution in [0.25, 0.3) is 0 Å². The molecule has 0 radical (unpaired) electrons. The highest BCUT2D eigenvalue weighted by molar-refractivity contribution is 7.47. The lowest BCUT2D eigenvalue weighted by atomic mass is 10.0. The van der Waals surface area contributed by atoms with Crippen molar-refractivity contribution in [2.45, 2.75) is 264 Å². The molecular formula is C62H107O11P. The monoisotopic (exact) mass is 1060 g/mol. The van der Waals surface area contributed by atoms with Gasteiger partial charge in [-0.15, -0.1) is 0 Å². The standard InChI is InChI=1S/C62H107O11P/c1-4-7-10-13-16-19-22-25-27-28-29-30-32-35-38-41-44-47-50-53-62(66)73-59(55-69-60(64)51-48-45-42-39-36-34-31-26-23-20-17-14-11-8-5-2)57-71-74(67,68)70-56-58(54-63)72-61(65)52-49-46-43-40-37-33-24-21-18-15-12-9-6-3/h7,10,16,19,25-27,29-31,35,38,44,47,58-59,63H,4-6,8-9,11-15,17-18,20-24,28,32-34,36-37,39-43,45-46,48-57H2,1-3H3,(H,67,68)/b10-7-,19-16-,27-25-,30-29-,31-26-,38-35-,47-44-. The van der Waals surface area contributed by atoms with Crippen molar-refractivity contribution in [2.75, 3.05) is 26.4 Å².